The zero-order valence-corrected chi connectivity index (χ0v) is 18.7. The maximum Gasteiger partial charge on any atom is 0.261 e. The zero-order chi connectivity index (χ0) is 19.7. The summed E-state index contributed by atoms with van der Waals surface area (Å²) in [6, 6.07) is 0. The van der Waals surface area contributed by atoms with Crippen LogP contribution in [0.2, 0.25) is 0 Å². The molecule has 0 unspecified atom stereocenters. The van der Waals surface area contributed by atoms with E-state index in [0.29, 0.717) is 6.26 Å². The minimum atomic E-state index is -3.67. The summed E-state index contributed by atoms with van der Waals surface area (Å²) in [5, 5.41) is 0. The molecule has 0 spiro atoms. The molecule has 5 heteroatoms. The van der Waals surface area contributed by atoms with Gasteiger partial charge in [-0.05, 0) is 19.3 Å². The predicted molar refractivity (Wildman–Crippen MR) is 113 cm³/mol. The molecule has 1 saturated heterocycles. The van der Waals surface area contributed by atoms with Gasteiger partial charge in [0.05, 0.1) is 32.4 Å². The Kier molecular flexibility index (Phi) is 15.8. The van der Waals surface area contributed by atoms with Crippen molar-refractivity contribution in [2.75, 3.05) is 32.4 Å². The van der Waals surface area contributed by atoms with Gasteiger partial charge in [-0.15, -0.1) is 0 Å². The number of nitrogens with zero attached hydrogens (tertiary/aromatic N) is 1. The van der Waals surface area contributed by atoms with Crippen LogP contribution in [0.1, 0.15) is 104 Å². The topological polar surface area (TPSA) is 54.4 Å². The highest BCUT2D eigenvalue weighted by atomic mass is 32.2. The first kappa shape index (κ1) is 25.9. The second-order valence-corrected chi connectivity index (χ2v) is 9.68. The molecule has 4 nitrogen and oxygen atoms in total. The maximum atomic E-state index is 9.19. The molecule has 1 aliphatic heterocycles. The van der Waals surface area contributed by atoms with Gasteiger partial charge in [-0.2, -0.15) is 8.42 Å². The van der Waals surface area contributed by atoms with Crippen LogP contribution in [0.5, 0.6) is 0 Å². The van der Waals surface area contributed by atoms with Crippen molar-refractivity contribution in [3.8, 4) is 0 Å². The molecule has 1 N–H and O–H groups in total. The Balaban J connectivity index is 0.00000110. The van der Waals surface area contributed by atoms with E-state index in [2.05, 4.69) is 13.8 Å². The third kappa shape index (κ3) is 17.3. The van der Waals surface area contributed by atoms with E-state index in [0.717, 1.165) is 0 Å². The number of hydrogen-bond acceptors (Lipinski definition) is 2. The first-order valence-electron chi connectivity index (χ1n) is 11.1. The van der Waals surface area contributed by atoms with E-state index in [1.54, 1.807) is 0 Å². The first-order valence-corrected chi connectivity index (χ1v) is 13.0. The average molecular weight is 393 g/mol. The van der Waals surface area contributed by atoms with E-state index in [4.69, 9.17) is 4.55 Å². The van der Waals surface area contributed by atoms with Crippen LogP contribution in [-0.2, 0) is 10.1 Å². The number of quaternary nitrogens is 1. The number of rotatable bonds is 14. The number of unbranched alkanes of at least 4 members (excludes halogenated alkanes) is 10. The standard InChI is InChI=1S/C20H42N.CH4O3S/c1-3-5-7-8-9-10-11-12-13-14-18-21(17-6-4-2)19-15-16-20-21;1-5(2,3)4/h3-20H2,1-2H3;1H3,(H,2,3,4)/q+1;. The third-order valence-electron chi connectivity index (χ3n) is 5.49. The van der Waals surface area contributed by atoms with Gasteiger partial charge >= 0.3 is 0 Å². The lowest BCUT2D eigenvalue weighted by atomic mass is 10.1. The fourth-order valence-electron chi connectivity index (χ4n) is 3.99. The lowest BCUT2D eigenvalue weighted by molar-refractivity contribution is -0.917. The normalized spacial score (nSPS) is 16.3. The maximum absolute atomic E-state index is 9.19. The summed E-state index contributed by atoms with van der Waals surface area (Å²) in [7, 11) is -3.67. The summed E-state index contributed by atoms with van der Waals surface area (Å²) in [6.45, 7) is 10.6. The van der Waals surface area contributed by atoms with E-state index in [1.807, 2.05) is 0 Å². The molecule has 1 heterocycles. The van der Waals surface area contributed by atoms with Gasteiger partial charge in [-0.1, -0.05) is 71.6 Å². The monoisotopic (exact) mass is 392 g/mol. The van der Waals surface area contributed by atoms with Crippen molar-refractivity contribution in [1.82, 2.24) is 0 Å². The molecule has 1 fully saturated rings. The van der Waals surface area contributed by atoms with E-state index in [9.17, 15) is 8.42 Å². The summed E-state index contributed by atoms with van der Waals surface area (Å²) < 4.78 is 27.3. The molecule has 0 aromatic rings. The smallest absolute Gasteiger partial charge is 0.261 e. The Hall–Kier alpha value is -0.130. The largest absolute Gasteiger partial charge is 0.324 e. The molecule has 158 valence electrons. The van der Waals surface area contributed by atoms with Crippen LogP contribution in [0.3, 0.4) is 0 Å². The van der Waals surface area contributed by atoms with Crippen LogP contribution in [0, 0.1) is 0 Å². The van der Waals surface area contributed by atoms with Crippen LogP contribution in [0.15, 0.2) is 0 Å². The van der Waals surface area contributed by atoms with Crippen molar-refractivity contribution in [2.24, 2.45) is 0 Å². The Morgan fingerprint density at radius 3 is 1.46 bits per heavy atom. The fourth-order valence-corrected chi connectivity index (χ4v) is 3.99. The summed E-state index contributed by atoms with van der Waals surface area (Å²) in [4.78, 5) is 0. The minimum Gasteiger partial charge on any atom is -0.324 e. The first-order chi connectivity index (χ1) is 12.3. The molecule has 0 amide bonds. The molecule has 1 aliphatic rings. The highest BCUT2D eigenvalue weighted by molar-refractivity contribution is 7.85. The fraction of sp³-hybridized carbons (Fsp3) is 1.00. The van der Waals surface area contributed by atoms with Crippen molar-refractivity contribution < 1.29 is 17.5 Å². The Morgan fingerprint density at radius 1 is 0.692 bits per heavy atom. The van der Waals surface area contributed by atoms with Gasteiger partial charge in [0.1, 0.15) is 0 Å². The summed E-state index contributed by atoms with van der Waals surface area (Å²) in [5.41, 5.74) is 0. The second-order valence-electron chi connectivity index (χ2n) is 8.21. The minimum absolute atomic E-state index is 0.715. The van der Waals surface area contributed by atoms with Gasteiger partial charge in [0.2, 0.25) is 0 Å². The highest BCUT2D eigenvalue weighted by Crippen LogP contribution is 2.22. The van der Waals surface area contributed by atoms with Gasteiger partial charge < -0.3 is 4.48 Å². The van der Waals surface area contributed by atoms with Gasteiger partial charge in [0.15, 0.2) is 0 Å². The Labute approximate surface area is 164 Å². The molecular formula is C21H46NO3S+. The summed E-state index contributed by atoms with van der Waals surface area (Å²) in [6.07, 6.45) is 21.2. The summed E-state index contributed by atoms with van der Waals surface area (Å²) >= 11 is 0. The van der Waals surface area contributed by atoms with Crippen LogP contribution < -0.4 is 0 Å². The van der Waals surface area contributed by atoms with Crippen LogP contribution >= 0.6 is 0 Å². The zero-order valence-electron chi connectivity index (χ0n) is 17.8. The number of likely N-dealkylation sites (tertiary alicyclic amines) is 1. The summed E-state index contributed by atoms with van der Waals surface area (Å²) in [5.74, 6) is 0. The molecule has 0 saturated carbocycles. The van der Waals surface area contributed by atoms with Crippen LogP contribution in [0.25, 0.3) is 0 Å². The molecule has 0 bridgehead atoms. The van der Waals surface area contributed by atoms with Crippen molar-refractivity contribution in [3.05, 3.63) is 0 Å². The molecule has 0 aliphatic carbocycles. The molecule has 26 heavy (non-hydrogen) atoms. The number of hydrogen-bond donors (Lipinski definition) is 1. The van der Waals surface area contributed by atoms with Crippen LogP contribution in [0.4, 0.5) is 0 Å². The highest BCUT2D eigenvalue weighted by Gasteiger charge is 2.30. The van der Waals surface area contributed by atoms with Crippen molar-refractivity contribution >= 4 is 10.1 Å². The average Bonchev–Trinajstić information content (AvgIpc) is 3.02. The lowest BCUT2D eigenvalue weighted by Gasteiger charge is -2.34. The SMILES string of the molecule is CCCCCCCCCCCC[N+]1(CCCC)CCCC1.CS(=O)(=O)O. The molecular weight excluding hydrogens is 346 g/mol. The molecule has 0 atom stereocenters. The molecule has 0 radical (unpaired) electrons. The van der Waals surface area contributed by atoms with Gasteiger partial charge in [0.25, 0.3) is 10.1 Å². The van der Waals surface area contributed by atoms with E-state index >= 15 is 0 Å². The molecule has 0 aromatic carbocycles. The third-order valence-corrected chi connectivity index (χ3v) is 5.49. The molecule has 1 rings (SSSR count). The second kappa shape index (κ2) is 15.9. The lowest BCUT2D eigenvalue weighted by Crippen LogP contribution is -2.46. The Morgan fingerprint density at radius 2 is 1.04 bits per heavy atom. The molecule has 0 aromatic heterocycles. The van der Waals surface area contributed by atoms with Crippen molar-refractivity contribution in [1.29, 1.82) is 0 Å². The Bertz CT molecular complexity index is 395. The van der Waals surface area contributed by atoms with Crippen molar-refractivity contribution in [3.63, 3.8) is 0 Å². The van der Waals surface area contributed by atoms with Crippen LogP contribution in [-0.4, -0.2) is 49.9 Å². The van der Waals surface area contributed by atoms with Gasteiger partial charge in [-0.25, -0.2) is 0 Å². The van der Waals surface area contributed by atoms with E-state index in [1.165, 1.54) is 121 Å². The van der Waals surface area contributed by atoms with Gasteiger partial charge in [-0.3, -0.25) is 4.55 Å². The van der Waals surface area contributed by atoms with E-state index < -0.39 is 10.1 Å². The van der Waals surface area contributed by atoms with Crippen molar-refractivity contribution in [2.45, 2.75) is 104 Å². The quantitative estimate of drug-likeness (QED) is 0.230. The predicted octanol–water partition coefficient (Wildman–Crippen LogP) is 5.82. The van der Waals surface area contributed by atoms with E-state index in [-0.39, 0.29) is 0 Å². The van der Waals surface area contributed by atoms with Gasteiger partial charge in [0, 0.05) is 12.8 Å².